The second-order valence-corrected chi connectivity index (χ2v) is 5.28. The molecule has 3 heteroatoms. The van der Waals surface area contributed by atoms with E-state index in [0.29, 0.717) is 0 Å². The average molecular weight is 263 g/mol. The van der Waals surface area contributed by atoms with E-state index < -0.39 is 6.10 Å². The number of rotatable bonds is 6. The third-order valence-corrected chi connectivity index (χ3v) is 2.99. The first-order valence-corrected chi connectivity index (χ1v) is 6.97. The first-order valence-electron chi connectivity index (χ1n) is 6.97. The minimum absolute atomic E-state index is 0.0555. The summed E-state index contributed by atoms with van der Waals surface area (Å²) in [5.74, 6) is 0.698. The summed E-state index contributed by atoms with van der Waals surface area (Å²) >= 11 is 0. The van der Waals surface area contributed by atoms with Gasteiger partial charge in [0.15, 0.2) is 6.10 Å². The van der Waals surface area contributed by atoms with Gasteiger partial charge in [0.2, 0.25) is 0 Å². The van der Waals surface area contributed by atoms with Crippen molar-refractivity contribution in [2.75, 3.05) is 0 Å². The maximum absolute atomic E-state index is 12.0. The van der Waals surface area contributed by atoms with Crippen molar-refractivity contribution in [3.8, 4) is 5.75 Å². The van der Waals surface area contributed by atoms with Gasteiger partial charge in [0.25, 0.3) is 5.91 Å². The Morgan fingerprint density at radius 1 is 1.21 bits per heavy atom. The number of amides is 1. The van der Waals surface area contributed by atoms with E-state index in [1.165, 1.54) is 0 Å². The molecule has 0 radical (unpaired) electrons. The zero-order valence-corrected chi connectivity index (χ0v) is 12.6. The van der Waals surface area contributed by atoms with Crippen LogP contribution in [0.5, 0.6) is 5.75 Å². The first kappa shape index (κ1) is 15.5. The molecule has 1 aromatic rings. The summed E-state index contributed by atoms with van der Waals surface area (Å²) < 4.78 is 5.70. The quantitative estimate of drug-likeness (QED) is 0.854. The number of nitrogens with one attached hydrogen (secondary N) is 1. The van der Waals surface area contributed by atoms with Crippen LogP contribution in [0.15, 0.2) is 18.2 Å². The van der Waals surface area contributed by atoms with Crippen LogP contribution in [0, 0.1) is 13.8 Å². The minimum Gasteiger partial charge on any atom is -0.481 e. The molecule has 1 aromatic carbocycles. The summed E-state index contributed by atoms with van der Waals surface area (Å²) in [6, 6.07) is 6.18. The van der Waals surface area contributed by atoms with Gasteiger partial charge in [0.1, 0.15) is 5.75 Å². The Bertz CT molecular complexity index is 409. The van der Waals surface area contributed by atoms with Gasteiger partial charge in [0, 0.05) is 6.04 Å². The summed E-state index contributed by atoms with van der Waals surface area (Å²) in [5, 5.41) is 2.97. The topological polar surface area (TPSA) is 38.3 Å². The van der Waals surface area contributed by atoms with Crippen LogP contribution >= 0.6 is 0 Å². The monoisotopic (exact) mass is 263 g/mol. The lowest BCUT2D eigenvalue weighted by atomic mass is 10.1. The molecule has 0 bridgehead atoms. The van der Waals surface area contributed by atoms with Crippen molar-refractivity contribution < 1.29 is 9.53 Å². The van der Waals surface area contributed by atoms with E-state index in [1.807, 2.05) is 32.9 Å². The van der Waals surface area contributed by atoms with E-state index in [2.05, 4.69) is 18.3 Å². The maximum Gasteiger partial charge on any atom is 0.260 e. The molecule has 0 aliphatic heterocycles. The molecule has 0 unspecified atom stereocenters. The maximum atomic E-state index is 12.0. The molecule has 2 atom stereocenters. The molecule has 1 amide bonds. The first-order chi connectivity index (χ1) is 8.92. The van der Waals surface area contributed by atoms with Gasteiger partial charge in [0.05, 0.1) is 0 Å². The molecule has 0 saturated carbocycles. The molecule has 0 aliphatic carbocycles. The molecular formula is C16H25NO2. The Morgan fingerprint density at radius 3 is 2.32 bits per heavy atom. The largest absolute Gasteiger partial charge is 0.481 e. The molecule has 19 heavy (non-hydrogen) atoms. The fraction of sp³-hybridized carbons (Fsp3) is 0.562. The number of benzene rings is 1. The summed E-state index contributed by atoms with van der Waals surface area (Å²) in [4.78, 5) is 12.0. The highest BCUT2D eigenvalue weighted by Crippen LogP contribution is 2.17. The van der Waals surface area contributed by atoms with Crippen molar-refractivity contribution in [2.45, 2.75) is 59.6 Å². The molecule has 0 saturated heterocycles. The number of carbonyl (C=O) groups excluding carboxylic acids is 1. The molecule has 0 aromatic heterocycles. The van der Waals surface area contributed by atoms with Crippen LogP contribution in [-0.4, -0.2) is 18.1 Å². The number of carbonyl (C=O) groups is 1. The van der Waals surface area contributed by atoms with E-state index >= 15 is 0 Å². The van der Waals surface area contributed by atoms with Crippen LogP contribution in [0.3, 0.4) is 0 Å². The van der Waals surface area contributed by atoms with E-state index in [1.54, 1.807) is 6.92 Å². The smallest absolute Gasteiger partial charge is 0.260 e. The average Bonchev–Trinajstić information content (AvgIpc) is 2.27. The van der Waals surface area contributed by atoms with Gasteiger partial charge in [-0.25, -0.2) is 0 Å². The normalized spacial score (nSPS) is 13.7. The van der Waals surface area contributed by atoms with Gasteiger partial charge in [-0.3, -0.25) is 4.79 Å². The van der Waals surface area contributed by atoms with Crippen molar-refractivity contribution in [2.24, 2.45) is 0 Å². The Morgan fingerprint density at radius 2 is 1.79 bits per heavy atom. The van der Waals surface area contributed by atoms with Crippen LogP contribution in [0.25, 0.3) is 0 Å². The molecule has 3 nitrogen and oxygen atoms in total. The highest BCUT2D eigenvalue weighted by Gasteiger charge is 2.16. The summed E-state index contributed by atoms with van der Waals surface area (Å²) in [6.45, 7) is 9.95. The standard InChI is InChI=1S/C16H25NO2/c1-6-7-13(4)17-16(18)14(5)19-15-9-11(2)8-12(3)10-15/h8-10,13-14H,6-7H2,1-5H3,(H,17,18)/t13-,14+/m1/s1. The van der Waals surface area contributed by atoms with Gasteiger partial charge in [-0.1, -0.05) is 19.4 Å². The Balaban J connectivity index is 2.58. The van der Waals surface area contributed by atoms with E-state index in [-0.39, 0.29) is 11.9 Å². The van der Waals surface area contributed by atoms with Crippen molar-refractivity contribution in [1.29, 1.82) is 0 Å². The minimum atomic E-state index is -0.472. The van der Waals surface area contributed by atoms with E-state index in [9.17, 15) is 4.79 Å². The number of hydrogen-bond donors (Lipinski definition) is 1. The fourth-order valence-corrected chi connectivity index (χ4v) is 2.12. The highest BCUT2D eigenvalue weighted by molar-refractivity contribution is 5.80. The Hall–Kier alpha value is -1.51. The lowest BCUT2D eigenvalue weighted by Gasteiger charge is -2.18. The summed E-state index contributed by atoms with van der Waals surface area (Å²) in [7, 11) is 0. The molecule has 1 N–H and O–H groups in total. The zero-order chi connectivity index (χ0) is 14.4. The van der Waals surface area contributed by atoms with Crippen LogP contribution in [0.2, 0.25) is 0 Å². The third-order valence-electron chi connectivity index (χ3n) is 2.99. The zero-order valence-electron chi connectivity index (χ0n) is 12.6. The molecule has 0 heterocycles. The molecule has 0 fully saturated rings. The van der Waals surface area contributed by atoms with Crippen molar-refractivity contribution in [3.63, 3.8) is 0 Å². The van der Waals surface area contributed by atoms with Crippen LogP contribution in [0.4, 0.5) is 0 Å². The van der Waals surface area contributed by atoms with Crippen molar-refractivity contribution >= 4 is 5.91 Å². The van der Waals surface area contributed by atoms with E-state index in [4.69, 9.17) is 4.74 Å². The Labute approximate surface area is 116 Å². The summed E-state index contributed by atoms with van der Waals surface area (Å²) in [6.07, 6.45) is 1.58. The lowest BCUT2D eigenvalue weighted by molar-refractivity contribution is -0.127. The molecule has 1 rings (SSSR count). The van der Waals surface area contributed by atoms with Crippen molar-refractivity contribution in [3.05, 3.63) is 29.3 Å². The SMILES string of the molecule is CCC[C@@H](C)NC(=O)[C@H](C)Oc1cc(C)cc(C)c1. The fourth-order valence-electron chi connectivity index (χ4n) is 2.12. The van der Waals surface area contributed by atoms with Gasteiger partial charge < -0.3 is 10.1 Å². The van der Waals surface area contributed by atoms with Gasteiger partial charge in [-0.15, -0.1) is 0 Å². The van der Waals surface area contributed by atoms with Gasteiger partial charge in [-0.2, -0.15) is 0 Å². The predicted octanol–water partition coefficient (Wildman–Crippen LogP) is 3.38. The number of aryl methyl sites for hydroxylation is 2. The van der Waals surface area contributed by atoms with Crippen molar-refractivity contribution in [1.82, 2.24) is 5.32 Å². The number of ether oxygens (including phenoxy) is 1. The van der Waals surface area contributed by atoms with Crippen LogP contribution < -0.4 is 10.1 Å². The van der Waals surface area contributed by atoms with Crippen LogP contribution in [-0.2, 0) is 4.79 Å². The number of hydrogen-bond acceptors (Lipinski definition) is 2. The van der Waals surface area contributed by atoms with Gasteiger partial charge >= 0.3 is 0 Å². The lowest BCUT2D eigenvalue weighted by Crippen LogP contribution is -2.41. The molecular weight excluding hydrogens is 238 g/mol. The Kier molecular flexibility index (Phi) is 5.87. The third kappa shape index (κ3) is 5.33. The second kappa shape index (κ2) is 7.17. The van der Waals surface area contributed by atoms with Crippen LogP contribution in [0.1, 0.15) is 44.7 Å². The van der Waals surface area contributed by atoms with Gasteiger partial charge in [-0.05, 0) is 57.4 Å². The molecule has 106 valence electrons. The molecule has 0 spiro atoms. The highest BCUT2D eigenvalue weighted by atomic mass is 16.5. The van der Waals surface area contributed by atoms with E-state index in [0.717, 1.165) is 29.7 Å². The second-order valence-electron chi connectivity index (χ2n) is 5.28. The summed E-state index contributed by atoms with van der Waals surface area (Å²) in [5.41, 5.74) is 2.28. The predicted molar refractivity (Wildman–Crippen MR) is 78.5 cm³/mol. The molecule has 0 aliphatic rings.